The van der Waals surface area contributed by atoms with E-state index in [0.29, 0.717) is 37.9 Å². The Morgan fingerprint density at radius 2 is 1.68 bits per heavy atom. The third-order valence-corrected chi connectivity index (χ3v) is 6.96. The summed E-state index contributed by atoms with van der Waals surface area (Å²) in [6.07, 6.45) is 2.40. The molecule has 210 valence electrons. The SMILES string of the molecule is CC(=O)N1CCC(OC(=O)c2nc(C(=O)O)c3cc(Cc4ccc(F)cc4)cnc3c2OCc2ccccc2)CC1. The smallest absolute Gasteiger partial charge is 0.361 e. The third-order valence-electron chi connectivity index (χ3n) is 6.96. The maximum absolute atomic E-state index is 13.4. The molecule has 2 aromatic heterocycles. The second kappa shape index (κ2) is 12.1. The van der Waals surface area contributed by atoms with Crippen molar-refractivity contribution in [3.8, 4) is 5.75 Å². The Kier molecular flexibility index (Phi) is 8.19. The highest BCUT2D eigenvalue weighted by Gasteiger charge is 2.29. The molecule has 5 rings (SSSR count). The highest BCUT2D eigenvalue weighted by Crippen LogP contribution is 2.32. The number of carboxylic acid groups (broad SMARTS) is 1. The van der Waals surface area contributed by atoms with Crippen molar-refractivity contribution in [1.82, 2.24) is 14.9 Å². The Morgan fingerprint density at radius 3 is 2.34 bits per heavy atom. The van der Waals surface area contributed by atoms with Crippen LogP contribution in [-0.2, 0) is 22.6 Å². The number of hydrogen-bond acceptors (Lipinski definition) is 7. The minimum absolute atomic E-state index is 0.0216. The molecule has 2 aromatic carbocycles. The van der Waals surface area contributed by atoms with Crippen LogP contribution in [0.4, 0.5) is 4.39 Å². The van der Waals surface area contributed by atoms with E-state index >= 15 is 0 Å². The fourth-order valence-corrected chi connectivity index (χ4v) is 4.80. The highest BCUT2D eigenvalue weighted by molar-refractivity contribution is 6.06. The lowest BCUT2D eigenvalue weighted by molar-refractivity contribution is -0.130. The molecule has 0 unspecified atom stereocenters. The van der Waals surface area contributed by atoms with Crippen molar-refractivity contribution < 1.29 is 33.4 Å². The van der Waals surface area contributed by atoms with Gasteiger partial charge in [0.2, 0.25) is 5.91 Å². The zero-order valence-electron chi connectivity index (χ0n) is 22.4. The van der Waals surface area contributed by atoms with Gasteiger partial charge in [0.15, 0.2) is 17.1 Å². The minimum Gasteiger partial charge on any atom is -0.484 e. The molecule has 10 heteroatoms. The first kappa shape index (κ1) is 27.7. The molecular weight excluding hydrogens is 529 g/mol. The summed E-state index contributed by atoms with van der Waals surface area (Å²) in [5, 5.41) is 10.2. The van der Waals surface area contributed by atoms with E-state index in [-0.39, 0.29) is 46.4 Å². The normalized spacial score (nSPS) is 13.7. The van der Waals surface area contributed by atoms with Crippen LogP contribution in [0.15, 0.2) is 66.9 Å². The van der Waals surface area contributed by atoms with Crippen LogP contribution in [0.25, 0.3) is 10.9 Å². The maximum Gasteiger partial charge on any atom is 0.361 e. The van der Waals surface area contributed by atoms with Gasteiger partial charge in [0.05, 0.1) is 0 Å². The van der Waals surface area contributed by atoms with Crippen molar-refractivity contribution in [1.29, 1.82) is 0 Å². The zero-order valence-corrected chi connectivity index (χ0v) is 22.4. The van der Waals surface area contributed by atoms with Crippen molar-refractivity contribution in [2.24, 2.45) is 0 Å². The zero-order chi connectivity index (χ0) is 28.9. The fourth-order valence-electron chi connectivity index (χ4n) is 4.80. The van der Waals surface area contributed by atoms with Crippen LogP contribution in [0, 0.1) is 5.82 Å². The molecule has 0 atom stereocenters. The Bertz CT molecular complexity index is 1590. The number of pyridine rings is 2. The number of nitrogens with zero attached hydrogens (tertiary/aromatic N) is 3. The topological polar surface area (TPSA) is 119 Å². The summed E-state index contributed by atoms with van der Waals surface area (Å²) in [5.74, 6) is -2.54. The van der Waals surface area contributed by atoms with Gasteiger partial charge >= 0.3 is 11.9 Å². The highest BCUT2D eigenvalue weighted by atomic mass is 19.1. The van der Waals surface area contributed by atoms with Gasteiger partial charge in [-0.25, -0.2) is 19.0 Å². The first-order chi connectivity index (χ1) is 19.8. The molecule has 0 radical (unpaired) electrons. The van der Waals surface area contributed by atoms with Gasteiger partial charge in [-0.3, -0.25) is 9.78 Å². The number of ether oxygens (including phenoxy) is 2. The number of hydrogen-bond donors (Lipinski definition) is 1. The Morgan fingerprint density at radius 1 is 0.976 bits per heavy atom. The summed E-state index contributed by atoms with van der Waals surface area (Å²) in [6.45, 7) is 2.48. The molecule has 0 spiro atoms. The predicted octanol–water partition coefficient (Wildman–Crippen LogP) is 4.80. The molecule has 0 bridgehead atoms. The van der Waals surface area contributed by atoms with Crippen LogP contribution in [-0.4, -0.2) is 57.0 Å². The number of carbonyl (C=O) groups excluding carboxylic acids is 2. The monoisotopic (exact) mass is 557 g/mol. The van der Waals surface area contributed by atoms with Crippen LogP contribution in [0.5, 0.6) is 5.75 Å². The largest absolute Gasteiger partial charge is 0.484 e. The fraction of sp³-hybridized carbons (Fsp3) is 0.258. The van der Waals surface area contributed by atoms with Crippen molar-refractivity contribution >= 4 is 28.7 Å². The molecular formula is C31H28FN3O6. The van der Waals surface area contributed by atoms with Gasteiger partial charge in [-0.1, -0.05) is 42.5 Å². The molecule has 4 aromatic rings. The Hall–Kier alpha value is -4.86. The Balaban J connectivity index is 1.52. The van der Waals surface area contributed by atoms with Gasteiger partial charge in [0.1, 0.15) is 24.0 Å². The third kappa shape index (κ3) is 6.49. The van der Waals surface area contributed by atoms with E-state index in [0.717, 1.165) is 11.1 Å². The first-order valence-corrected chi connectivity index (χ1v) is 13.2. The lowest BCUT2D eigenvalue weighted by atomic mass is 10.0. The van der Waals surface area contributed by atoms with Gasteiger partial charge in [-0.05, 0) is 41.3 Å². The molecule has 0 aliphatic carbocycles. The number of piperidine rings is 1. The summed E-state index contributed by atoms with van der Waals surface area (Å²) >= 11 is 0. The van der Waals surface area contributed by atoms with E-state index in [1.165, 1.54) is 19.1 Å². The van der Waals surface area contributed by atoms with E-state index in [2.05, 4.69) is 9.97 Å². The van der Waals surface area contributed by atoms with Crippen LogP contribution in [0.3, 0.4) is 0 Å². The van der Waals surface area contributed by atoms with Gasteiger partial charge in [-0.15, -0.1) is 0 Å². The quantitative estimate of drug-likeness (QED) is 0.307. The molecule has 1 saturated heterocycles. The first-order valence-electron chi connectivity index (χ1n) is 13.2. The number of amides is 1. The number of carbonyl (C=O) groups is 3. The number of fused-ring (bicyclic) bond motifs is 1. The van der Waals surface area contributed by atoms with E-state index in [1.54, 1.807) is 29.3 Å². The molecule has 3 heterocycles. The summed E-state index contributed by atoms with van der Waals surface area (Å²) < 4.78 is 25.2. The second-order valence-electron chi connectivity index (χ2n) is 9.87. The number of benzene rings is 2. The number of likely N-dealkylation sites (tertiary alicyclic amines) is 1. The van der Waals surface area contributed by atoms with Gasteiger partial charge in [-0.2, -0.15) is 0 Å². The number of carboxylic acids is 1. The summed E-state index contributed by atoms with van der Waals surface area (Å²) in [6, 6.07) is 16.9. The van der Waals surface area contributed by atoms with Crippen LogP contribution < -0.4 is 4.74 Å². The van der Waals surface area contributed by atoms with E-state index in [9.17, 15) is 23.9 Å². The summed E-state index contributed by atoms with van der Waals surface area (Å²) in [4.78, 5) is 47.8. The Labute approximate surface area is 235 Å². The maximum atomic E-state index is 13.4. The molecule has 0 saturated carbocycles. The number of rotatable bonds is 8. The van der Waals surface area contributed by atoms with Crippen LogP contribution >= 0.6 is 0 Å². The van der Waals surface area contributed by atoms with Gasteiger partial charge in [0.25, 0.3) is 0 Å². The van der Waals surface area contributed by atoms with E-state index < -0.39 is 18.0 Å². The van der Waals surface area contributed by atoms with Crippen molar-refractivity contribution in [2.75, 3.05) is 13.1 Å². The molecule has 1 N–H and O–H groups in total. The van der Waals surface area contributed by atoms with Gasteiger partial charge < -0.3 is 19.5 Å². The summed E-state index contributed by atoms with van der Waals surface area (Å²) in [7, 11) is 0. The number of esters is 1. The van der Waals surface area contributed by atoms with E-state index in [4.69, 9.17) is 9.47 Å². The van der Waals surface area contributed by atoms with E-state index in [1.807, 2.05) is 30.3 Å². The van der Waals surface area contributed by atoms with Crippen LogP contribution in [0.1, 0.15) is 57.4 Å². The van der Waals surface area contributed by atoms with Crippen molar-refractivity contribution in [3.05, 3.63) is 101 Å². The predicted molar refractivity (Wildman–Crippen MR) is 147 cm³/mol. The van der Waals surface area contributed by atoms with Crippen molar-refractivity contribution in [2.45, 2.75) is 38.9 Å². The number of aromatic nitrogens is 2. The lowest BCUT2D eigenvalue weighted by Gasteiger charge is -2.30. The summed E-state index contributed by atoms with van der Waals surface area (Å²) in [5.41, 5.74) is 1.84. The standard InChI is InChI=1S/C31H28FN3O6/c1-19(36)35-13-11-24(12-14-35)41-31(39)28-29(40-18-21-5-3-2-4-6-21)26-25(27(34-28)30(37)38)16-22(17-33-26)15-20-7-9-23(32)10-8-20/h2-10,16-17,24H,11-15,18H2,1H3,(H,37,38). The van der Waals surface area contributed by atoms with Gasteiger partial charge in [0, 0.05) is 44.4 Å². The molecule has 1 amide bonds. The average molecular weight is 558 g/mol. The molecule has 1 aliphatic rings. The second-order valence-corrected chi connectivity index (χ2v) is 9.87. The molecule has 9 nitrogen and oxygen atoms in total. The molecule has 1 aliphatic heterocycles. The lowest BCUT2D eigenvalue weighted by Crippen LogP contribution is -2.40. The van der Waals surface area contributed by atoms with Crippen LogP contribution in [0.2, 0.25) is 0 Å². The number of aromatic carboxylic acids is 1. The molecule has 1 fully saturated rings. The average Bonchev–Trinajstić information content (AvgIpc) is 2.97. The number of halogens is 1. The van der Waals surface area contributed by atoms with Crippen molar-refractivity contribution in [3.63, 3.8) is 0 Å². The molecule has 41 heavy (non-hydrogen) atoms. The minimum atomic E-state index is -1.34.